The number of benzene rings is 2. The van der Waals surface area contributed by atoms with Crippen molar-refractivity contribution in [2.45, 2.75) is 26.2 Å². The van der Waals surface area contributed by atoms with Gasteiger partial charge in [-0.2, -0.15) is 5.10 Å². The van der Waals surface area contributed by atoms with Gasteiger partial charge in [0, 0.05) is 29.2 Å². The van der Waals surface area contributed by atoms with Gasteiger partial charge in [-0.05, 0) is 36.8 Å². The highest BCUT2D eigenvalue weighted by atomic mass is 16.5. The molecule has 3 rings (SSSR count). The summed E-state index contributed by atoms with van der Waals surface area (Å²) in [5.41, 5.74) is 4.59. The SMILES string of the molecule is CCCCCNC(=N)N/N=C/c1c[nH]c2ccc(OC)cc12.O=C(O)c1ccccc1O. The van der Waals surface area contributed by atoms with Crippen LogP contribution >= 0.6 is 0 Å². The minimum Gasteiger partial charge on any atom is -0.507 e. The molecular formula is C23H29N5O4. The van der Waals surface area contributed by atoms with Crippen LogP contribution in [0.1, 0.15) is 42.1 Å². The van der Waals surface area contributed by atoms with Crippen molar-refractivity contribution in [3.05, 3.63) is 59.8 Å². The number of para-hydroxylation sites is 1. The number of rotatable bonds is 8. The number of H-pyrrole nitrogens is 1. The molecule has 0 aliphatic heterocycles. The van der Waals surface area contributed by atoms with Crippen molar-refractivity contribution in [1.29, 1.82) is 5.41 Å². The van der Waals surface area contributed by atoms with E-state index in [-0.39, 0.29) is 17.3 Å². The number of unbranched alkanes of at least 4 members (excludes halogenated alkanes) is 2. The van der Waals surface area contributed by atoms with Gasteiger partial charge in [0.2, 0.25) is 5.96 Å². The summed E-state index contributed by atoms with van der Waals surface area (Å²) < 4.78 is 5.24. The Morgan fingerprint density at radius 2 is 2.03 bits per heavy atom. The number of fused-ring (bicyclic) bond motifs is 1. The molecule has 170 valence electrons. The quantitative estimate of drug-likeness (QED) is 0.136. The third-order valence-corrected chi connectivity index (χ3v) is 4.52. The number of hydrogen-bond donors (Lipinski definition) is 6. The largest absolute Gasteiger partial charge is 0.507 e. The van der Waals surface area contributed by atoms with Crippen LogP contribution in [0.4, 0.5) is 0 Å². The van der Waals surface area contributed by atoms with Gasteiger partial charge in [-0.1, -0.05) is 31.9 Å². The lowest BCUT2D eigenvalue weighted by atomic mass is 10.2. The second-order valence-corrected chi connectivity index (χ2v) is 6.86. The van der Waals surface area contributed by atoms with Crippen molar-refractivity contribution in [3.63, 3.8) is 0 Å². The number of methoxy groups -OCH3 is 1. The monoisotopic (exact) mass is 439 g/mol. The van der Waals surface area contributed by atoms with Gasteiger partial charge in [-0.25, -0.2) is 10.2 Å². The van der Waals surface area contributed by atoms with Crippen LogP contribution < -0.4 is 15.5 Å². The molecule has 32 heavy (non-hydrogen) atoms. The highest BCUT2D eigenvalue weighted by molar-refractivity contribution is 5.99. The number of carbonyl (C=O) groups is 1. The number of aromatic carboxylic acids is 1. The Hall–Kier alpha value is -4.01. The van der Waals surface area contributed by atoms with Crippen LogP contribution in [0.25, 0.3) is 10.9 Å². The molecule has 0 bridgehead atoms. The predicted octanol–water partition coefficient (Wildman–Crippen LogP) is 3.90. The average Bonchev–Trinajstić information content (AvgIpc) is 3.19. The number of ether oxygens (including phenoxy) is 1. The third-order valence-electron chi connectivity index (χ3n) is 4.52. The number of carboxylic acid groups (broad SMARTS) is 1. The molecule has 0 aliphatic rings. The van der Waals surface area contributed by atoms with E-state index in [4.69, 9.17) is 20.4 Å². The van der Waals surface area contributed by atoms with E-state index in [2.05, 4.69) is 27.8 Å². The van der Waals surface area contributed by atoms with Gasteiger partial charge >= 0.3 is 5.97 Å². The standard InChI is InChI=1S/C16H23N5O.C7H6O3/c1-3-4-5-8-18-16(17)21-20-11-12-10-19-15-7-6-13(22-2)9-14(12)15;8-6-4-2-1-3-5(6)7(9)10/h6-7,9-11,19H,3-5,8H2,1-2H3,(H3,17,18,21);1-4,8H,(H,9,10)/b20-11+;. The Morgan fingerprint density at radius 3 is 2.69 bits per heavy atom. The summed E-state index contributed by atoms with van der Waals surface area (Å²) in [6.07, 6.45) is 6.98. The van der Waals surface area contributed by atoms with Crippen molar-refractivity contribution < 1.29 is 19.7 Å². The van der Waals surface area contributed by atoms with E-state index in [1.165, 1.54) is 25.0 Å². The Bertz CT molecular complexity index is 1060. The van der Waals surface area contributed by atoms with Crippen LogP contribution in [0.3, 0.4) is 0 Å². The zero-order valence-electron chi connectivity index (χ0n) is 18.2. The first-order chi connectivity index (χ1) is 15.5. The number of guanidine groups is 1. The van der Waals surface area contributed by atoms with Gasteiger partial charge in [-0.3, -0.25) is 5.41 Å². The van der Waals surface area contributed by atoms with E-state index in [9.17, 15) is 4.79 Å². The lowest BCUT2D eigenvalue weighted by Crippen LogP contribution is -2.33. The molecule has 1 heterocycles. The molecule has 0 radical (unpaired) electrons. The van der Waals surface area contributed by atoms with Crippen LogP contribution in [0.5, 0.6) is 11.5 Å². The maximum Gasteiger partial charge on any atom is 0.339 e. The number of nitrogens with zero attached hydrogens (tertiary/aromatic N) is 1. The van der Waals surface area contributed by atoms with Crippen molar-refractivity contribution in [1.82, 2.24) is 15.7 Å². The molecule has 0 fully saturated rings. The van der Waals surface area contributed by atoms with E-state index in [0.717, 1.165) is 35.2 Å². The highest BCUT2D eigenvalue weighted by Crippen LogP contribution is 2.22. The van der Waals surface area contributed by atoms with Gasteiger partial charge < -0.3 is 25.3 Å². The summed E-state index contributed by atoms with van der Waals surface area (Å²) >= 11 is 0. The number of aromatic hydroxyl groups is 1. The first kappa shape index (κ1) is 24.3. The number of hydrazone groups is 1. The molecule has 0 amide bonds. The summed E-state index contributed by atoms with van der Waals surface area (Å²) in [5, 5.41) is 33.1. The number of hydrogen-bond acceptors (Lipinski definition) is 5. The normalized spacial score (nSPS) is 10.4. The molecule has 0 atom stereocenters. The van der Waals surface area contributed by atoms with E-state index in [0.29, 0.717) is 0 Å². The van der Waals surface area contributed by atoms with Crippen molar-refractivity contribution in [3.8, 4) is 11.5 Å². The Kier molecular flexibility index (Phi) is 9.58. The molecule has 0 spiro atoms. The molecule has 3 aromatic rings. The van der Waals surface area contributed by atoms with E-state index in [1.54, 1.807) is 25.5 Å². The zero-order valence-corrected chi connectivity index (χ0v) is 18.2. The van der Waals surface area contributed by atoms with Crippen LogP contribution in [-0.2, 0) is 0 Å². The molecular weight excluding hydrogens is 410 g/mol. The number of phenols is 1. The van der Waals surface area contributed by atoms with Gasteiger partial charge in [0.15, 0.2) is 0 Å². The Balaban J connectivity index is 0.000000303. The Labute approximate surface area is 186 Å². The van der Waals surface area contributed by atoms with Gasteiger partial charge in [0.05, 0.1) is 13.3 Å². The van der Waals surface area contributed by atoms with Gasteiger partial charge in [0.25, 0.3) is 0 Å². The van der Waals surface area contributed by atoms with Crippen LogP contribution in [0, 0.1) is 5.41 Å². The maximum atomic E-state index is 10.3. The third kappa shape index (κ3) is 7.35. The fourth-order valence-corrected chi connectivity index (χ4v) is 2.80. The summed E-state index contributed by atoms with van der Waals surface area (Å²) in [6, 6.07) is 11.7. The molecule has 6 N–H and O–H groups in total. The molecule has 0 unspecified atom stereocenters. The summed E-state index contributed by atoms with van der Waals surface area (Å²) in [4.78, 5) is 13.4. The number of aromatic amines is 1. The first-order valence-electron chi connectivity index (χ1n) is 10.2. The summed E-state index contributed by atoms with van der Waals surface area (Å²) in [7, 11) is 1.65. The van der Waals surface area contributed by atoms with Gasteiger partial charge in [-0.15, -0.1) is 0 Å². The van der Waals surface area contributed by atoms with Crippen LogP contribution in [0.2, 0.25) is 0 Å². The topological polar surface area (TPSA) is 143 Å². The number of nitrogens with one attached hydrogen (secondary N) is 4. The minimum absolute atomic E-state index is 0.0671. The fraction of sp³-hybridized carbons (Fsp3) is 0.261. The first-order valence-corrected chi connectivity index (χ1v) is 10.2. The molecule has 1 aromatic heterocycles. The van der Waals surface area contributed by atoms with Crippen LogP contribution in [-0.4, -0.2) is 47.0 Å². The van der Waals surface area contributed by atoms with Crippen molar-refractivity contribution >= 4 is 29.0 Å². The highest BCUT2D eigenvalue weighted by Gasteiger charge is 2.06. The smallest absolute Gasteiger partial charge is 0.339 e. The predicted molar refractivity (Wildman–Crippen MR) is 126 cm³/mol. The molecule has 0 saturated heterocycles. The zero-order chi connectivity index (χ0) is 23.3. The van der Waals surface area contributed by atoms with E-state index in [1.807, 2.05) is 24.4 Å². The fourth-order valence-electron chi connectivity index (χ4n) is 2.80. The van der Waals surface area contributed by atoms with Crippen molar-refractivity contribution in [2.75, 3.05) is 13.7 Å². The Morgan fingerprint density at radius 1 is 1.25 bits per heavy atom. The average molecular weight is 440 g/mol. The molecule has 2 aromatic carbocycles. The van der Waals surface area contributed by atoms with Gasteiger partial charge in [0.1, 0.15) is 17.1 Å². The lowest BCUT2D eigenvalue weighted by molar-refractivity contribution is 0.0693. The molecule has 0 saturated carbocycles. The van der Waals surface area contributed by atoms with E-state index >= 15 is 0 Å². The number of carboxylic acids is 1. The van der Waals surface area contributed by atoms with Crippen LogP contribution in [0.15, 0.2) is 53.8 Å². The number of aromatic nitrogens is 1. The summed E-state index contributed by atoms with van der Waals surface area (Å²) in [6.45, 7) is 2.95. The second kappa shape index (κ2) is 12.6. The maximum absolute atomic E-state index is 10.3. The molecule has 0 aliphatic carbocycles. The summed E-state index contributed by atoms with van der Waals surface area (Å²) in [5.74, 6) is -0.294. The molecule has 9 nitrogen and oxygen atoms in total. The molecule has 9 heteroatoms. The van der Waals surface area contributed by atoms with Crippen molar-refractivity contribution in [2.24, 2.45) is 5.10 Å². The second-order valence-electron chi connectivity index (χ2n) is 6.86. The lowest BCUT2D eigenvalue weighted by Gasteiger charge is -2.05. The van der Waals surface area contributed by atoms with E-state index < -0.39 is 5.97 Å². The minimum atomic E-state index is -1.11.